The topological polar surface area (TPSA) is 51.6 Å². The molecule has 0 unspecified atom stereocenters. The summed E-state index contributed by atoms with van der Waals surface area (Å²) in [6, 6.07) is 8.74. The number of hydrogen-bond acceptors (Lipinski definition) is 6. The van der Waals surface area contributed by atoms with Gasteiger partial charge in [-0.3, -0.25) is 0 Å². The molecule has 0 amide bonds. The summed E-state index contributed by atoms with van der Waals surface area (Å²) in [6.07, 6.45) is -6.97. The first kappa shape index (κ1) is 22.3. The zero-order valence-corrected chi connectivity index (χ0v) is 16.5. The van der Waals surface area contributed by atoms with Crippen LogP contribution in [0.1, 0.15) is 22.5 Å². The number of rotatable bonds is 6. The van der Waals surface area contributed by atoms with E-state index in [4.69, 9.17) is 0 Å². The van der Waals surface area contributed by atoms with Crippen molar-refractivity contribution in [2.75, 3.05) is 0 Å². The molecule has 1 aromatic carbocycles. The lowest BCUT2D eigenvalue weighted by atomic mass is 10.2. The van der Waals surface area contributed by atoms with Crippen molar-refractivity contribution in [1.82, 2.24) is 19.9 Å². The lowest BCUT2D eigenvalue weighted by Gasteiger charge is -2.08. The quantitative estimate of drug-likeness (QED) is 0.259. The molecule has 0 bridgehead atoms. The van der Waals surface area contributed by atoms with Crippen molar-refractivity contribution in [3.05, 3.63) is 71.3 Å². The van der Waals surface area contributed by atoms with Gasteiger partial charge in [-0.25, -0.2) is 19.9 Å². The van der Waals surface area contributed by atoms with E-state index in [1.165, 1.54) is 0 Å². The number of halogens is 6. The molecule has 3 rings (SSSR count). The van der Waals surface area contributed by atoms with Gasteiger partial charge < -0.3 is 0 Å². The van der Waals surface area contributed by atoms with Crippen molar-refractivity contribution < 1.29 is 26.3 Å². The van der Waals surface area contributed by atoms with Crippen LogP contribution in [-0.2, 0) is 23.9 Å². The van der Waals surface area contributed by atoms with Gasteiger partial charge in [-0.2, -0.15) is 26.3 Å². The van der Waals surface area contributed by atoms with Crippen LogP contribution < -0.4 is 0 Å². The Hall–Kier alpha value is -2.34. The summed E-state index contributed by atoms with van der Waals surface area (Å²) in [5.41, 5.74) is -0.398. The summed E-state index contributed by atoms with van der Waals surface area (Å²) in [5.74, 6) is 0.666. The van der Waals surface area contributed by atoms with E-state index < -0.39 is 23.7 Å². The van der Waals surface area contributed by atoms with Crippen molar-refractivity contribution in [3.63, 3.8) is 0 Å². The first-order valence-electron chi connectivity index (χ1n) is 8.25. The molecule has 0 fully saturated rings. The Morgan fingerprint density at radius 2 is 1.10 bits per heavy atom. The fourth-order valence-electron chi connectivity index (χ4n) is 2.24. The molecule has 4 nitrogen and oxygen atoms in total. The number of thioether (sulfide) groups is 2. The third kappa shape index (κ3) is 6.33. The lowest BCUT2D eigenvalue weighted by molar-refractivity contribution is -0.142. The van der Waals surface area contributed by atoms with Gasteiger partial charge in [0.2, 0.25) is 0 Å². The first-order valence-corrected chi connectivity index (χ1v) is 10.2. The molecule has 30 heavy (non-hydrogen) atoms. The molecule has 0 aliphatic rings. The maximum atomic E-state index is 12.7. The van der Waals surface area contributed by atoms with Crippen LogP contribution >= 0.6 is 23.5 Å². The van der Waals surface area contributed by atoms with E-state index in [0.717, 1.165) is 59.2 Å². The summed E-state index contributed by atoms with van der Waals surface area (Å²) in [6.45, 7) is 0. The van der Waals surface area contributed by atoms with Crippen molar-refractivity contribution >= 4 is 23.5 Å². The minimum Gasteiger partial charge on any atom is -0.231 e. The molecule has 3 aromatic rings. The van der Waals surface area contributed by atoms with Gasteiger partial charge in [0.1, 0.15) is 11.4 Å². The van der Waals surface area contributed by atoms with Gasteiger partial charge in [-0.15, -0.1) is 0 Å². The van der Waals surface area contributed by atoms with Gasteiger partial charge in [0.05, 0.1) is 0 Å². The third-order valence-electron chi connectivity index (χ3n) is 3.58. The van der Waals surface area contributed by atoms with Crippen molar-refractivity contribution in [2.45, 2.75) is 34.2 Å². The molecule has 0 N–H and O–H groups in total. The Morgan fingerprint density at radius 3 is 1.50 bits per heavy atom. The van der Waals surface area contributed by atoms with E-state index in [2.05, 4.69) is 19.9 Å². The average Bonchev–Trinajstić information content (AvgIpc) is 2.70. The highest BCUT2D eigenvalue weighted by Gasteiger charge is 2.33. The summed E-state index contributed by atoms with van der Waals surface area (Å²) >= 11 is 2.11. The van der Waals surface area contributed by atoms with E-state index in [1.807, 2.05) is 0 Å². The van der Waals surface area contributed by atoms with E-state index >= 15 is 0 Å². The molecule has 0 radical (unpaired) electrons. The number of aromatic nitrogens is 4. The molecule has 0 aliphatic heterocycles. The van der Waals surface area contributed by atoms with Crippen LogP contribution in [0, 0.1) is 0 Å². The zero-order valence-electron chi connectivity index (χ0n) is 14.9. The normalized spacial score (nSPS) is 12.2. The molecule has 2 aromatic heterocycles. The summed E-state index contributed by atoms with van der Waals surface area (Å²) in [5, 5.41) is 0.00365. The fraction of sp³-hybridized carbons (Fsp3) is 0.222. The highest BCUT2D eigenvalue weighted by atomic mass is 32.2. The SMILES string of the molecule is FC(F)(F)c1ccnc(SCc2cccc(CSc3nccc(C(F)(F)F)n3)c2)n1. The van der Waals surface area contributed by atoms with Gasteiger partial charge in [0.25, 0.3) is 0 Å². The van der Waals surface area contributed by atoms with Gasteiger partial charge >= 0.3 is 12.4 Å². The first-order chi connectivity index (χ1) is 14.1. The summed E-state index contributed by atoms with van der Waals surface area (Å²) in [4.78, 5) is 14.7. The van der Waals surface area contributed by atoms with Gasteiger partial charge in [0, 0.05) is 23.9 Å². The van der Waals surface area contributed by atoms with Crippen molar-refractivity contribution in [1.29, 1.82) is 0 Å². The van der Waals surface area contributed by atoms with Gasteiger partial charge in [-0.05, 0) is 23.3 Å². The maximum Gasteiger partial charge on any atom is 0.433 e. The second kappa shape index (κ2) is 9.21. The second-order valence-electron chi connectivity index (χ2n) is 5.84. The van der Waals surface area contributed by atoms with Crippen LogP contribution in [0.3, 0.4) is 0 Å². The molecular formula is C18H12F6N4S2. The highest BCUT2D eigenvalue weighted by molar-refractivity contribution is 7.98. The Kier molecular flexibility index (Phi) is 6.86. The smallest absolute Gasteiger partial charge is 0.231 e. The Morgan fingerprint density at radius 1 is 0.667 bits per heavy atom. The Balaban J connectivity index is 1.62. The molecule has 0 saturated carbocycles. The van der Waals surface area contributed by atoms with Crippen LogP contribution in [0.25, 0.3) is 0 Å². The van der Waals surface area contributed by atoms with E-state index in [-0.39, 0.29) is 10.3 Å². The molecule has 0 aliphatic carbocycles. The third-order valence-corrected chi connectivity index (χ3v) is 5.44. The molecule has 2 heterocycles. The number of benzene rings is 1. The number of nitrogens with zero attached hydrogens (tertiary/aromatic N) is 4. The minimum atomic E-state index is -4.54. The predicted molar refractivity (Wildman–Crippen MR) is 99.6 cm³/mol. The van der Waals surface area contributed by atoms with Crippen LogP contribution in [0.15, 0.2) is 59.1 Å². The van der Waals surface area contributed by atoms with Crippen LogP contribution in [0.5, 0.6) is 0 Å². The summed E-state index contributed by atoms with van der Waals surface area (Å²) in [7, 11) is 0. The zero-order chi connectivity index (χ0) is 21.8. The van der Waals surface area contributed by atoms with E-state index in [9.17, 15) is 26.3 Å². The number of alkyl halides is 6. The Labute approximate surface area is 175 Å². The molecule has 0 saturated heterocycles. The summed E-state index contributed by atoms with van der Waals surface area (Å²) < 4.78 is 76.3. The Bertz CT molecular complexity index is 933. The van der Waals surface area contributed by atoms with Crippen molar-refractivity contribution in [3.8, 4) is 0 Å². The standard InChI is InChI=1S/C18H12F6N4S2/c19-17(20,21)13-4-6-25-15(27-13)29-9-11-2-1-3-12(8-11)10-30-16-26-7-5-14(28-16)18(22,23)24/h1-8H,9-10H2. The largest absolute Gasteiger partial charge is 0.433 e. The lowest BCUT2D eigenvalue weighted by Crippen LogP contribution is -2.08. The van der Waals surface area contributed by atoms with Crippen LogP contribution in [-0.4, -0.2) is 19.9 Å². The second-order valence-corrected chi connectivity index (χ2v) is 7.73. The molecule has 0 spiro atoms. The minimum absolute atomic E-state index is 0.00182. The van der Waals surface area contributed by atoms with Crippen molar-refractivity contribution in [2.24, 2.45) is 0 Å². The molecular weight excluding hydrogens is 450 g/mol. The maximum absolute atomic E-state index is 12.7. The molecule has 0 atom stereocenters. The predicted octanol–water partition coefficient (Wildman–Crippen LogP) is 5.89. The van der Waals surface area contributed by atoms with E-state index in [0.29, 0.717) is 11.5 Å². The number of hydrogen-bond donors (Lipinski definition) is 0. The van der Waals surface area contributed by atoms with Gasteiger partial charge in [0.15, 0.2) is 10.3 Å². The van der Waals surface area contributed by atoms with Gasteiger partial charge in [-0.1, -0.05) is 47.8 Å². The van der Waals surface area contributed by atoms with Crippen LogP contribution in [0.2, 0.25) is 0 Å². The molecule has 12 heteroatoms. The van der Waals surface area contributed by atoms with Crippen LogP contribution in [0.4, 0.5) is 26.3 Å². The van der Waals surface area contributed by atoms with E-state index in [1.54, 1.807) is 24.3 Å². The average molecular weight is 462 g/mol. The highest BCUT2D eigenvalue weighted by Crippen LogP contribution is 2.30. The fourth-order valence-corrected chi connectivity index (χ4v) is 3.79. The molecule has 158 valence electrons. The monoisotopic (exact) mass is 462 g/mol.